The molecule has 0 amide bonds. The first kappa shape index (κ1) is 18.0. The fourth-order valence-electron chi connectivity index (χ4n) is 2.38. The summed E-state index contributed by atoms with van der Waals surface area (Å²) >= 11 is 0. The highest BCUT2D eigenvalue weighted by Gasteiger charge is 1.94. The molecule has 124 valence electrons. The van der Waals surface area contributed by atoms with Crippen molar-refractivity contribution >= 4 is 30.6 Å². The minimum atomic E-state index is 0.919. The van der Waals surface area contributed by atoms with Crippen LogP contribution in [0.5, 0.6) is 0 Å². The topological polar surface area (TPSA) is 12.0 Å². The third-order valence-electron chi connectivity index (χ3n) is 3.69. The molecule has 0 aliphatic heterocycles. The summed E-state index contributed by atoms with van der Waals surface area (Å²) in [6, 6.07) is 21.9. The Morgan fingerprint density at radius 3 is 2.08 bits per heavy atom. The van der Waals surface area contributed by atoms with Gasteiger partial charge in [-0.1, -0.05) is 93.1 Å². The molecule has 2 aromatic carbocycles. The number of hydrogen-bond acceptors (Lipinski definition) is 1. The van der Waals surface area contributed by atoms with E-state index in [1.165, 1.54) is 0 Å². The Morgan fingerprint density at radius 2 is 1.40 bits per heavy atom. The molecule has 0 saturated heterocycles. The molecule has 0 radical (unpaired) electrons. The Morgan fingerprint density at radius 1 is 0.760 bits per heavy atom. The molecule has 2 rings (SSSR count). The van der Waals surface area contributed by atoms with Crippen molar-refractivity contribution in [1.29, 1.82) is 0 Å². The molecule has 0 fully saturated rings. The van der Waals surface area contributed by atoms with Gasteiger partial charge in [0.05, 0.1) is 0 Å². The summed E-state index contributed by atoms with van der Waals surface area (Å²) in [6.45, 7) is 15.8. The molecular weight excluding hydrogens is 302 g/mol. The van der Waals surface area contributed by atoms with Gasteiger partial charge in [0.2, 0.25) is 0 Å². The van der Waals surface area contributed by atoms with Crippen LogP contribution in [0, 0.1) is 0 Å². The van der Waals surface area contributed by atoms with Gasteiger partial charge in [0.1, 0.15) is 0 Å². The van der Waals surface area contributed by atoms with Crippen LogP contribution in [0.25, 0.3) is 24.9 Å². The van der Waals surface area contributed by atoms with Gasteiger partial charge in [0, 0.05) is 16.6 Å². The van der Waals surface area contributed by atoms with Crippen LogP contribution in [-0.4, -0.2) is 0 Å². The van der Waals surface area contributed by atoms with Crippen molar-refractivity contribution in [2.75, 3.05) is 5.32 Å². The van der Waals surface area contributed by atoms with E-state index in [2.05, 4.69) is 31.6 Å². The highest BCUT2D eigenvalue weighted by Crippen LogP contribution is 2.06. The monoisotopic (exact) mass is 325 g/mol. The molecule has 0 atom stereocenters. The predicted molar refractivity (Wildman–Crippen MR) is 112 cm³/mol. The highest BCUT2D eigenvalue weighted by atomic mass is 14.9. The molecule has 0 aromatic heterocycles. The summed E-state index contributed by atoms with van der Waals surface area (Å²) in [5.74, 6) is 0. The van der Waals surface area contributed by atoms with Crippen molar-refractivity contribution in [2.45, 2.75) is 0 Å². The zero-order chi connectivity index (χ0) is 18.1. The van der Waals surface area contributed by atoms with Crippen LogP contribution in [0.4, 0.5) is 5.69 Å². The second kappa shape index (κ2) is 9.09. The minimum Gasteiger partial charge on any atom is -0.355 e. The van der Waals surface area contributed by atoms with Gasteiger partial charge in [-0.2, -0.15) is 0 Å². The van der Waals surface area contributed by atoms with Crippen LogP contribution in [0.2, 0.25) is 0 Å². The van der Waals surface area contributed by atoms with E-state index in [1.807, 2.05) is 78.9 Å². The maximum absolute atomic E-state index is 4.08. The lowest BCUT2D eigenvalue weighted by atomic mass is 10.2. The van der Waals surface area contributed by atoms with Crippen molar-refractivity contribution in [3.63, 3.8) is 0 Å². The average molecular weight is 325 g/mol. The van der Waals surface area contributed by atoms with E-state index >= 15 is 0 Å². The standard InChI is InChI=1S/C24H23N/c1-5-12-21-15-11-17-22(16-9-7-13-19(21)3)25-24(6-2)23-18-10-8-14-20(23)4/h5-18,25H,1-4H2/b13-7?,15-11?,16-9?,21-12-,22-17?,24-23+. The van der Waals surface area contributed by atoms with Crippen LogP contribution in [-0.2, 0) is 0 Å². The third-order valence-corrected chi connectivity index (χ3v) is 3.69. The number of benzene rings is 1. The van der Waals surface area contributed by atoms with Crippen LogP contribution in [0.15, 0.2) is 92.0 Å². The van der Waals surface area contributed by atoms with E-state index in [-0.39, 0.29) is 0 Å². The van der Waals surface area contributed by atoms with Crippen molar-refractivity contribution in [3.05, 3.63) is 113 Å². The molecule has 0 bridgehead atoms. The van der Waals surface area contributed by atoms with Crippen molar-refractivity contribution in [1.82, 2.24) is 0 Å². The summed E-state index contributed by atoms with van der Waals surface area (Å²) < 4.78 is 0. The predicted octanol–water partition coefficient (Wildman–Crippen LogP) is 3.00. The fourth-order valence-corrected chi connectivity index (χ4v) is 2.38. The third kappa shape index (κ3) is 5.08. The summed E-state index contributed by atoms with van der Waals surface area (Å²) in [5.41, 5.74) is 1.87. The van der Waals surface area contributed by atoms with E-state index in [9.17, 15) is 0 Å². The first-order valence-electron chi connectivity index (χ1n) is 8.08. The summed E-state index contributed by atoms with van der Waals surface area (Å²) in [5, 5.41) is 7.37. The number of rotatable bonds is 4. The van der Waals surface area contributed by atoms with Crippen LogP contribution >= 0.6 is 0 Å². The van der Waals surface area contributed by atoms with Gasteiger partial charge in [-0.3, -0.25) is 0 Å². The Kier molecular flexibility index (Phi) is 6.56. The van der Waals surface area contributed by atoms with Crippen molar-refractivity contribution < 1.29 is 0 Å². The Hall–Kier alpha value is -3.32. The van der Waals surface area contributed by atoms with Gasteiger partial charge < -0.3 is 5.32 Å². The molecule has 0 spiro atoms. The van der Waals surface area contributed by atoms with E-state index < -0.39 is 0 Å². The zero-order valence-corrected chi connectivity index (χ0v) is 14.4. The highest BCUT2D eigenvalue weighted by molar-refractivity contribution is 5.70. The SMILES string of the molecule is C=C/C=c1/cccc(N/C(C=C)=c2\ccccc2=C)ccccc1=C. The van der Waals surface area contributed by atoms with E-state index in [4.69, 9.17) is 0 Å². The smallest absolute Gasteiger partial charge is 0.0457 e. The first-order valence-corrected chi connectivity index (χ1v) is 8.08. The number of nitrogens with one attached hydrogen (secondary N) is 1. The Bertz CT molecular complexity index is 1040. The van der Waals surface area contributed by atoms with Crippen molar-refractivity contribution in [2.24, 2.45) is 0 Å². The van der Waals surface area contributed by atoms with E-state index in [0.717, 1.165) is 32.3 Å². The largest absolute Gasteiger partial charge is 0.355 e. The molecular formula is C24H23N. The molecule has 0 unspecified atom stereocenters. The zero-order valence-electron chi connectivity index (χ0n) is 14.4. The van der Waals surface area contributed by atoms with Gasteiger partial charge in [-0.15, -0.1) is 0 Å². The molecule has 1 heteroatoms. The quantitative estimate of drug-likeness (QED) is 0.911. The molecule has 0 aliphatic carbocycles. The number of hydrogen-bond donors (Lipinski definition) is 1. The lowest BCUT2D eigenvalue weighted by Crippen LogP contribution is -2.26. The fraction of sp³-hybridized carbons (Fsp3) is 0. The van der Waals surface area contributed by atoms with Crippen LogP contribution in [0.1, 0.15) is 0 Å². The van der Waals surface area contributed by atoms with E-state index in [1.54, 1.807) is 6.08 Å². The lowest BCUT2D eigenvalue weighted by Gasteiger charge is -2.06. The van der Waals surface area contributed by atoms with Gasteiger partial charge >= 0.3 is 0 Å². The molecule has 0 saturated carbocycles. The molecule has 0 heterocycles. The second-order valence-electron chi connectivity index (χ2n) is 5.48. The van der Waals surface area contributed by atoms with Gasteiger partial charge in [0.25, 0.3) is 0 Å². The molecule has 1 nitrogen and oxygen atoms in total. The molecule has 2 aromatic rings. The van der Waals surface area contributed by atoms with Gasteiger partial charge in [-0.25, -0.2) is 0 Å². The second-order valence-corrected chi connectivity index (χ2v) is 5.48. The normalized spacial score (nSPS) is 11.9. The lowest BCUT2D eigenvalue weighted by molar-refractivity contribution is 1.47. The summed E-state index contributed by atoms with van der Waals surface area (Å²) in [6.07, 6.45) is 5.51. The molecule has 0 aliphatic rings. The van der Waals surface area contributed by atoms with Gasteiger partial charge in [-0.05, 0) is 33.9 Å². The van der Waals surface area contributed by atoms with Gasteiger partial charge in [0.15, 0.2) is 0 Å². The number of anilines is 1. The van der Waals surface area contributed by atoms with Crippen LogP contribution < -0.4 is 26.2 Å². The maximum Gasteiger partial charge on any atom is 0.0457 e. The minimum absolute atomic E-state index is 0.919. The first-order chi connectivity index (χ1) is 12.2. The maximum atomic E-state index is 4.08. The molecule has 1 N–H and O–H groups in total. The summed E-state index contributed by atoms with van der Waals surface area (Å²) in [7, 11) is 0. The Labute approximate surface area is 149 Å². The van der Waals surface area contributed by atoms with Crippen LogP contribution in [0.3, 0.4) is 0 Å². The van der Waals surface area contributed by atoms with E-state index in [0.29, 0.717) is 0 Å². The summed E-state index contributed by atoms with van der Waals surface area (Å²) in [4.78, 5) is 0. The Balaban J connectivity index is 2.60. The van der Waals surface area contributed by atoms with Crippen molar-refractivity contribution in [3.8, 4) is 0 Å². The average Bonchev–Trinajstić information content (AvgIpc) is 2.62. The molecule has 25 heavy (non-hydrogen) atoms. The number of allylic oxidation sites excluding steroid dienone is 1.